The Morgan fingerprint density at radius 2 is 1.61 bits per heavy atom. The Morgan fingerprint density at radius 3 is 2.22 bits per heavy atom. The van der Waals surface area contributed by atoms with E-state index in [4.69, 9.17) is 23.2 Å². The van der Waals surface area contributed by atoms with Crippen LogP contribution in [0.15, 0.2) is 42.7 Å². The van der Waals surface area contributed by atoms with Crippen LogP contribution in [-0.4, -0.2) is 31.0 Å². The molecule has 3 rings (SSSR count). The van der Waals surface area contributed by atoms with Gasteiger partial charge in [-0.2, -0.15) is 0 Å². The van der Waals surface area contributed by atoms with E-state index in [1.807, 2.05) is 0 Å². The van der Waals surface area contributed by atoms with E-state index in [-0.39, 0.29) is 16.8 Å². The normalized spacial score (nSPS) is 10.5. The maximum atomic E-state index is 11.3. The van der Waals surface area contributed by atoms with Crippen molar-refractivity contribution in [3.05, 3.63) is 58.7 Å². The highest BCUT2D eigenvalue weighted by Gasteiger charge is 2.13. The van der Waals surface area contributed by atoms with Crippen LogP contribution in [0.25, 0.3) is 22.6 Å². The Balaban J connectivity index is 2.15. The number of carboxylic acids is 1. The van der Waals surface area contributed by atoms with Crippen LogP contribution in [0.2, 0.25) is 10.3 Å². The predicted molar refractivity (Wildman–Crippen MR) is 85.5 cm³/mol. The summed E-state index contributed by atoms with van der Waals surface area (Å²) in [5.74, 6) is -0.953. The van der Waals surface area contributed by atoms with Crippen LogP contribution in [-0.2, 0) is 0 Å². The van der Waals surface area contributed by atoms with Crippen LogP contribution in [0.4, 0.5) is 0 Å². The lowest BCUT2D eigenvalue weighted by Crippen LogP contribution is -2.04. The van der Waals surface area contributed by atoms with Crippen LogP contribution in [0, 0.1) is 0 Å². The van der Waals surface area contributed by atoms with Gasteiger partial charge in [0, 0.05) is 23.0 Å². The molecule has 0 fully saturated rings. The molecule has 1 N–H and O–H groups in total. The van der Waals surface area contributed by atoms with Gasteiger partial charge in [0.2, 0.25) is 5.28 Å². The van der Waals surface area contributed by atoms with Crippen molar-refractivity contribution >= 4 is 29.2 Å². The number of carbonyl (C=O) groups is 1. The molecule has 8 heteroatoms. The second kappa shape index (κ2) is 6.28. The first-order chi connectivity index (χ1) is 11.0. The number of rotatable bonds is 3. The van der Waals surface area contributed by atoms with E-state index < -0.39 is 5.97 Å². The molecule has 0 amide bonds. The van der Waals surface area contributed by atoms with Crippen molar-refractivity contribution in [2.75, 3.05) is 0 Å². The highest BCUT2D eigenvalue weighted by Crippen LogP contribution is 2.23. The lowest BCUT2D eigenvalue weighted by atomic mass is 10.1. The Bertz CT molecular complexity index is 804. The second-order valence-electron chi connectivity index (χ2n) is 4.51. The van der Waals surface area contributed by atoms with Crippen molar-refractivity contribution in [3.63, 3.8) is 0 Å². The van der Waals surface area contributed by atoms with Gasteiger partial charge in [0.1, 0.15) is 0 Å². The van der Waals surface area contributed by atoms with Gasteiger partial charge in [0.05, 0.1) is 11.3 Å². The number of hydrogen-bond donors (Lipinski definition) is 1. The lowest BCUT2D eigenvalue weighted by molar-refractivity contribution is 0.0690. The minimum absolute atomic E-state index is 0.0843. The van der Waals surface area contributed by atoms with Crippen LogP contribution in [0.5, 0.6) is 0 Å². The molecule has 6 nitrogen and oxygen atoms in total. The SMILES string of the molecule is O=C(O)c1cc(-c2ccc(Cl)cc2)nc(-c2cnc(Cl)nc2)n1. The van der Waals surface area contributed by atoms with E-state index in [1.165, 1.54) is 18.5 Å². The molecule has 0 unspecified atom stereocenters. The Morgan fingerprint density at radius 1 is 0.957 bits per heavy atom. The Hall–Kier alpha value is -2.57. The number of carboxylic acid groups (broad SMARTS) is 1. The van der Waals surface area contributed by atoms with Crippen molar-refractivity contribution in [1.29, 1.82) is 0 Å². The van der Waals surface area contributed by atoms with Gasteiger partial charge < -0.3 is 5.11 Å². The minimum atomic E-state index is -1.15. The van der Waals surface area contributed by atoms with Crippen molar-refractivity contribution in [2.24, 2.45) is 0 Å². The zero-order chi connectivity index (χ0) is 16.4. The molecule has 2 aromatic heterocycles. The summed E-state index contributed by atoms with van der Waals surface area (Å²) in [4.78, 5) is 27.4. The maximum absolute atomic E-state index is 11.3. The second-order valence-corrected chi connectivity index (χ2v) is 5.29. The number of benzene rings is 1. The largest absolute Gasteiger partial charge is 0.477 e. The topological polar surface area (TPSA) is 88.9 Å². The first kappa shape index (κ1) is 15.3. The minimum Gasteiger partial charge on any atom is -0.477 e. The van der Waals surface area contributed by atoms with E-state index in [2.05, 4.69) is 19.9 Å². The fourth-order valence-corrected chi connectivity index (χ4v) is 2.11. The third-order valence-electron chi connectivity index (χ3n) is 2.96. The number of halogens is 2. The molecule has 0 saturated heterocycles. The van der Waals surface area contributed by atoms with E-state index in [0.29, 0.717) is 16.3 Å². The quantitative estimate of drug-likeness (QED) is 0.728. The van der Waals surface area contributed by atoms with Crippen LogP contribution < -0.4 is 0 Å². The van der Waals surface area contributed by atoms with Gasteiger partial charge in [-0.3, -0.25) is 0 Å². The van der Waals surface area contributed by atoms with Crippen LogP contribution in [0.1, 0.15) is 10.5 Å². The Labute approximate surface area is 140 Å². The van der Waals surface area contributed by atoms with E-state index in [0.717, 1.165) is 5.56 Å². The molecule has 1 aromatic carbocycles. The van der Waals surface area contributed by atoms with Gasteiger partial charge in [0.15, 0.2) is 11.5 Å². The molecule has 0 atom stereocenters. The third kappa shape index (κ3) is 3.44. The molecule has 2 heterocycles. The highest BCUT2D eigenvalue weighted by atomic mass is 35.5. The first-order valence-corrected chi connectivity index (χ1v) is 7.15. The summed E-state index contributed by atoms with van der Waals surface area (Å²) >= 11 is 11.5. The number of nitrogens with zero attached hydrogens (tertiary/aromatic N) is 4. The number of hydrogen-bond acceptors (Lipinski definition) is 5. The van der Waals surface area contributed by atoms with Gasteiger partial charge in [-0.25, -0.2) is 24.7 Å². The molecule has 0 saturated carbocycles. The summed E-state index contributed by atoms with van der Waals surface area (Å²) in [6, 6.07) is 8.29. The molecule has 0 bridgehead atoms. The highest BCUT2D eigenvalue weighted by molar-refractivity contribution is 6.30. The van der Waals surface area contributed by atoms with Crippen molar-refractivity contribution in [1.82, 2.24) is 19.9 Å². The molecular formula is C15H8Cl2N4O2. The van der Waals surface area contributed by atoms with Crippen molar-refractivity contribution < 1.29 is 9.90 Å². The lowest BCUT2D eigenvalue weighted by Gasteiger charge is -2.06. The van der Waals surface area contributed by atoms with E-state index >= 15 is 0 Å². The number of aromatic carboxylic acids is 1. The van der Waals surface area contributed by atoms with Gasteiger partial charge in [-0.05, 0) is 29.8 Å². The predicted octanol–water partition coefficient (Wildman–Crippen LogP) is 3.61. The summed E-state index contributed by atoms with van der Waals surface area (Å²) in [5, 5.41) is 9.91. The maximum Gasteiger partial charge on any atom is 0.354 e. The fourth-order valence-electron chi connectivity index (χ4n) is 1.88. The van der Waals surface area contributed by atoms with Crippen LogP contribution >= 0.6 is 23.2 Å². The summed E-state index contributed by atoms with van der Waals surface area (Å²) in [6.45, 7) is 0. The standard InChI is InChI=1S/C15H8Cl2N4O2/c16-10-3-1-8(2-4-10)11-5-12(14(22)23)21-13(20-11)9-6-18-15(17)19-7-9/h1-7H,(H,22,23). The average Bonchev–Trinajstić information content (AvgIpc) is 2.55. The molecule has 3 aromatic rings. The van der Waals surface area contributed by atoms with Gasteiger partial charge >= 0.3 is 5.97 Å². The summed E-state index contributed by atoms with van der Waals surface area (Å²) in [6.07, 6.45) is 2.86. The smallest absolute Gasteiger partial charge is 0.354 e. The summed E-state index contributed by atoms with van der Waals surface area (Å²) in [7, 11) is 0. The zero-order valence-electron chi connectivity index (χ0n) is 11.4. The molecule has 0 aliphatic heterocycles. The van der Waals surface area contributed by atoms with Crippen molar-refractivity contribution in [3.8, 4) is 22.6 Å². The summed E-state index contributed by atoms with van der Waals surface area (Å²) < 4.78 is 0. The zero-order valence-corrected chi connectivity index (χ0v) is 13.0. The van der Waals surface area contributed by atoms with E-state index in [9.17, 15) is 9.90 Å². The van der Waals surface area contributed by atoms with E-state index in [1.54, 1.807) is 24.3 Å². The van der Waals surface area contributed by atoms with Gasteiger partial charge in [-0.15, -0.1) is 0 Å². The van der Waals surface area contributed by atoms with Crippen molar-refractivity contribution in [2.45, 2.75) is 0 Å². The van der Waals surface area contributed by atoms with Gasteiger partial charge in [-0.1, -0.05) is 23.7 Å². The molecule has 0 aliphatic rings. The Kier molecular flexibility index (Phi) is 4.18. The monoisotopic (exact) mass is 346 g/mol. The molecule has 0 radical (unpaired) electrons. The molecule has 114 valence electrons. The first-order valence-electron chi connectivity index (χ1n) is 6.39. The average molecular weight is 347 g/mol. The van der Waals surface area contributed by atoms with Gasteiger partial charge in [0.25, 0.3) is 0 Å². The third-order valence-corrected chi connectivity index (χ3v) is 3.41. The molecular weight excluding hydrogens is 339 g/mol. The summed E-state index contributed by atoms with van der Waals surface area (Å²) in [5.41, 5.74) is 1.51. The van der Waals surface area contributed by atoms with Crippen LogP contribution in [0.3, 0.4) is 0 Å². The molecule has 0 aliphatic carbocycles. The fraction of sp³-hybridized carbons (Fsp3) is 0. The molecule has 23 heavy (non-hydrogen) atoms. The number of aromatic nitrogens is 4. The molecule has 0 spiro atoms.